The van der Waals surface area contributed by atoms with Crippen LogP contribution in [0.2, 0.25) is 0 Å². The van der Waals surface area contributed by atoms with Gasteiger partial charge < -0.3 is 25.2 Å². The van der Waals surface area contributed by atoms with Crippen LogP contribution in [-0.2, 0) is 9.59 Å². The van der Waals surface area contributed by atoms with Crippen LogP contribution in [0.15, 0.2) is 35.9 Å². The van der Waals surface area contributed by atoms with E-state index in [0.29, 0.717) is 30.2 Å². The number of unbranched alkanes of at least 4 members (excludes halogenated alkanes) is 3. The molecule has 3 N–H and O–H groups in total. The van der Waals surface area contributed by atoms with Gasteiger partial charge >= 0.3 is 0 Å². The molecule has 0 spiro atoms. The van der Waals surface area contributed by atoms with Crippen LogP contribution in [0, 0.1) is 5.92 Å². The average Bonchev–Trinajstić information content (AvgIpc) is 3.55. The lowest BCUT2D eigenvalue weighted by Crippen LogP contribution is -2.56. The number of hydrogen-bond donors (Lipinski definition) is 3. The standard InChI is InChI=1S/C29H42N2O5/c1-2-3-4-9-17-31(25(33)15-14-20-10-5-6-11-20)23-19-22(29(35)30-16-18-32)26-21-12-7-8-13-24(21)36-28(26)27(23)34/h7-8,12-13,19-20,23,26-28,32,34H,2-6,9-11,14-18H2,1H3,(H,30,35)/t23-,26+,27+,28+/m1/s1. The number of para-hydroxylation sites is 1. The zero-order valence-corrected chi connectivity index (χ0v) is 21.5. The Morgan fingerprint density at radius 2 is 1.92 bits per heavy atom. The van der Waals surface area contributed by atoms with E-state index >= 15 is 0 Å². The monoisotopic (exact) mass is 498 g/mol. The summed E-state index contributed by atoms with van der Waals surface area (Å²) in [5.41, 5.74) is 1.36. The van der Waals surface area contributed by atoms with Crippen LogP contribution in [0.3, 0.4) is 0 Å². The van der Waals surface area contributed by atoms with Crippen molar-refractivity contribution in [3.05, 3.63) is 41.5 Å². The largest absolute Gasteiger partial charge is 0.486 e. The van der Waals surface area contributed by atoms with E-state index in [1.54, 1.807) is 11.0 Å². The van der Waals surface area contributed by atoms with Crippen molar-refractivity contribution in [3.8, 4) is 5.75 Å². The molecule has 1 aliphatic heterocycles. The molecule has 0 bridgehead atoms. The summed E-state index contributed by atoms with van der Waals surface area (Å²) >= 11 is 0. The second-order valence-corrected chi connectivity index (χ2v) is 10.5. The molecule has 0 unspecified atom stereocenters. The number of carbonyl (C=O) groups is 2. The summed E-state index contributed by atoms with van der Waals surface area (Å²) in [5, 5.41) is 23.6. The predicted molar refractivity (Wildman–Crippen MR) is 139 cm³/mol. The minimum absolute atomic E-state index is 0.0442. The van der Waals surface area contributed by atoms with Gasteiger partial charge in [-0.15, -0.1) is 0 Å². The number of benzene rings is 1. The quantitative estimate of drug-likeness (QED) is 0.382. The van der Waals surface area contributed by atoms with Gasteiger partial charge in [0.1, 0.15) is 18.0 Å². The first-order chi connectivity index (χ1) is 17.5. The fraction of sp³-hybridized carbons (Fsp3) is 0.655. The molecule has 3 aliphatic rings. The van der Waals surface area contributed by atoms with Gasteiger partial charge in [0.25, 0.3) is 0 Å². The Morgan fingerprint density at radius 1 is 1.14 bits per heavy atom. The summed E-state index contributed by atoms with van der Waals surface area (Å²) in [5.74, 6) is 0.611. The van der Waals surface area contributed by atoms with Gasteiger partial charge in [-0.05, 0) is 30.9 Å². The van der Waals surface area contributed by atoms with Crippen molar-refractivity contribution in [3.63, 3.8) is 0 Å². The maximum Gasteiger partial charge on any atom is 0.247 e. The van der Waals surface area contributed by atoms with Crippen LogP contribution in [0.5, 0.6) is 5.75 Å². The average molecular weight is 499 g/mol. The Hall–Kier alpha value is -2.38. The van der Waals surface area contributed by atoms with E-state index in [1.807, 2.05) is 24.3 Å². The van der Waals surface area contributed by atoms with E-state index < -0.39 is 24.2 Å². The van der Waals surface area contributed by atoms with Gasteiger partial charge in [-0.2, -0.15) is 0 Å². The summed E-state index contributed by atoms with van der Waals surface area (Å²) in [7, 11) is 0. The number of hydrogen-bond acceptors (Lipinski definition) is 5. The highest BCUT2D eigenvalue weighted by Gasteiger charge is 2.50. The number of carbonyl (C=O) groups excluding carboxylic acids is 2. The van der Waals surface area contributed by atoms with E-state index in [1.165, 1.54) is 25.7 Å². The molecule has 1 heterocycles. The number of rotatable bonds is 12. The third-order valence-electron chi connectivity index (χ3n) is 8.05. The first-order valence-electron chi connectivity index (χ1n) is 13.9. The molecule has 7 nitrogen and oxygen atoms in total. The second-order valence-electron chi connectivity index (χ2n) is 10.5. The van der Waals surface area contributed by atoms with Crippen LogP contribution in [0.25, 0.3) is 0 Å². The number of aliphatic hydroxyl groups excluding tert-OH is 2. The zero-order valence-electron chi connectivity index (χ0n) is 21.5. The number of fused-ring (bicyclic) bond motifs is 3. The molecule has 2 aliphatic carbocycles. The Labute approximate surface area is 214 Å². The zero-order chi connectivity index (χ0) is 25.5. The molecule has 1 aromatic rings. The molecule has 1 aromatic carbocycles. The lowest BCUT2D eigenvalue weighted by Gasteiger charge is -2.41. The molecule has 0 radical (unpaired) electrons. The maximum absolute atomic E-state index is 13.6. The van der Waals surface area contributed by atoms with Crippen LogP contribution >= 0.6 is 0 Å². The van der Waals surface area contributed by atoms with Gasteiger partial charge in [-0.25, -0.2) is 0 Å². The maximum atomic E-state index is 13.6. The molecule has 1 saturated carbocycles. The molecule has 0 saturated heterocycles. The highest BCUT2D eigenvalue weighted by atomic mass is 16.5. The Morgan fingerprint density at radius 3 is 2.67 bits per heavy atom. The van der Waals surface area contributed by atoms with Crippen molar-refractivity contribution in [2.45, 2.75) is 95.3 Å². The highest BCUT2D eigenvalue weighted by molar-refractivity contribution is 5.96. The van der Waals surface area contributed by atoms with Crippen LogP contribution in [-0.4, -0.2) is 64.9 Å². The lowest BCUT2D eigenvalue weighted by atomic mass is 9.77. The predicted octanol–water partition coefficient (Wildman–Crippen LogP) is 3.69. The van der Waals surface area contributed by atoms with Gasteiger partial charge in [-0.3, -0.25) is 9.59 Å². The summed E-state index contributed by atoms with van der Waals surface area (Å²) < 4.78 is 6.19. The van der Waals surface area contributed by atoms with Crippen molar-refractivity contribution in [1.82, 2.24) is 10.2 Å². The molecular formula is C29H42N2O5. The molecule has 198 valence electrons. The van der Waals surface area contributed by atoms with Crippen molar-refractivity contribution in [2.24, 2.45) is 5.92 Å². The Kier molecular flexibility index (Phi) is 9.43. The molecule has 4 atom stereocenters. The van der Waals surface area contributed by atoms with Crippen molar-refractivity contribution in [2.75, 3.05) is 19.7 Å². The van der Waals surface area contributed by atoms with Gasteiger partial charge in [-0.1, -0.05) is 70.1 Å². The lowest BCUT2D eigenvalue weighted by molar-refractivity contribution is -0.137. The number of nitrogens with zero attached hydrogens (tertiary/aromatic N) is 1. The van der Waals surface area contributed by atoms with Crippen LogP contribution in [0.1, 0.15) is 82.6 Å². The third kappa shape index (κ3) is 5.94. The molecule has 36 heavy (non-hydrogen) atoms. The van der Waals surface area contributed by atoms with Gasteiger partial charge in [0.2, 0.25) is 11.8 Å². The van der Waals surface area contributed by atoms with Gasteiger partial charge in [0.15, 0.2) is 0 Å². The minimum atomic E-state index is -0.946. The van der Waals surface area contributed by atoms with E-state index in [9.17, 15) is 19.8 Å². The van der Waals surface area contributed by atoms with Crippen molar-refractivity contribution in [1.29, 1.82) is 0 Å². The van der Waals surface area contributed by atoms with Crippen LogP contribution < -0.4 is 10.1 Å². The molecule has 2 amide bonds. The summed E-state index contributed by atoms with van der Waals surface area (Å²) in [6, 6.07) is 6.93. The van der Waals surface area contributed by atoms with E-state index in [-0.39, 0.29) is 25.0 Å². The van der Waals surface area contributed by atoms with E-state index in [2.05, 4.69) is 12.2 Å². The molecule has 0 aromatic heterocycles. The highest BCUT2D eigenvalue weighted by Crippen LogP contribution is 2.47. The molecular weight excluding hydrogens is 456 g/mol. The Balaban J connectivity index is 1.61. The third-order valence-corrected chi connectivity index (χ3v) is 8.05. The smallest absolute Gasteiger partial charge is 0.247 e. The number of ether oxygens (including phenoxy) is 1. The van der Waals surface area contributed by atoms with E-state index in [0.717, 1.165) is 37.7 Å². The van der Waals surface area contributed by atoms with Gasteiger partial charge in [0, 0.05) is 30.6 Å². The number of nitrogens with one attached hydrogen (secondary N) is 1. The fourth-order valence-corrected chi connectivity index (χ4v) is 6.11. The normalized spacial score (nSPS) is 25.0. The second kappa shape index (κ2) is 12.7. The molecule has 7 heteroatoms. The van der Waals surface area contributed by atoms with E-state index in [4.69, 9.17) is 4.74 Å². The Bertz CT molecular complexity index is 926. The SMILES string of the molecule is CCCCCCN(C(=O)CCC1CCCC1)[C@@H]1C=C(C(=O)NCCO)[C@@H]2c3ccccc3O[C@@H]2[C@H]1O. The summed E-state index contributed by atoms with van der Waals surface area (Å²) in [4.78, 5) is 28.6. The number of aliphatic hydroxyl groups is 2. The summed E-state index contributed by atoms with van der Waals surface area (Å²) in [6.07, 6.45) is 10.5. The molecule has 1 fully saturated rings. The first-order valence-corrected chi connectivity index (χ1v) is 13.9. The topological polar surface area (TPSA) is 99.1 Å². The molecule has 4 rings (SSSR count). The summed E-state index contributed by atoms with van der Waals surface area (Å²) in [6.45, 7) is 2.70. The number of amides is 2. The van der Waals surface area contributed by atoms with Crippen molar-refractivity contribution < 1.29 is 24.5 Å². The van der Waals surface area contributed by atoms with Gasteiger partial charge in [0.05, 0.1) is 18.6 Å². The minimum Gasteiger partial charge on any atom is -0.486 e. The fourth-order valence-electron chi connectivity index (χ4n) is 6.11. The van der Waals surface area contributed by atoms with Crippen LogP contribution in [0.4, 0.5) is 0 Å². The first kappa shape index (κ1) is 26.7. The van der Waals surface area contributed by atoms with Crippen molar-refractivity contribution >= 4 is 11.8 Å².